The molecule has 0 atom stereocenters. The summed E-state index contributed by atoms with van der Waals surface area (Å²) >= 11 is 11.0. The molecule has 0 aliphatic rings. The van der Waals surface area contributed by atoms with Crippen molar-refractivity contribution in [3.05, 3.63) is 46.0 Å². The maximum absolute atomic E-state index is 10.8. The van der Waals surface area contributed by atoms with E-state index in [2.05, 4.69) is 14.7 Å². The number of halogens is 2. The molecule has 0 saturated carbocycles. The lowest BCUT2D eigenvalue weighted by Crippen LogP contribution is -2.01. The van der Waals surface area contributed by atoms with E-state index in [1.807, 2.05) is 0 Å². The average Bonchev–Trinajstić information content (AvgIpc) is 2.97. The van der Waals surface area contributed by atoms with Crippen molar-refractivity contribution >= 4 is 35.1 Å². The summed E-state index contributed by atoms with van der Waals surface area (Å²) < 4.78 is 4.42. The van der Waals surface area contributed by atoms with Gasteiger partial charge in [-0.15, -0.1) is 0 Å². The van der Waals surface area contributed by atoms with Gasteiger partial charge >= 0.3 is 11.9 Å². The molecule has 0 aliphatic carbocycles. The van der Waals surface area contributed by atoms with Crippen LogP contribution in [0.1, 0.15) is 21.0 Å². The number of aromatic carboxylic acids is 1. The van der Waals surface area contributed by atoms with Crippen LogP contribution in [0.15, 0.2) is 24.5 Å². The highest BCUT2D eigenvalue weighted by atomic mass is 35.5. The number of aromatic amines is 2. The fourth-order valence-corrected chi connectivity index (χ4v) is 1.52. The van der Waals surface area contributed by atoms with Crippen LogP contribution < -0.4 is 0 Å². The Bertz CT molecular complexity index is 577. The zero-order valence-corrected chi connectivity index (χ0v) is 11.2. The first-order chi connectivity index (χ1) is 8.97. The van der Waals surface area contributed by atoms with Gasteiger partial charge in [0.25, 0.3) is 0 Å². The Hall–Kier alpha value is -1.92. The van der Waals surface area contributed by atoms with Crippen LogP contribution in [0.2, 0.25) is 10.0 Å². The van der Waals surface area contributed by atoms with Gasteiger partial charge in [-0.3, -0.25) is 0 Å². The number of aromatic nitrogens is 2. The molecule has 102 valence electrons. The monoisotopic (exact) mass is 304 g/mol. The predicted molar refractivity (Wildman–Crippen MR) is 69.9 cm³/mol. The van der Waals surface area contributed by atoms with Crippen LogP contribution in [0, 0.1) is 0 Å². The van der Waals surface area contributed by atoms with E-state index in [1.165, 1.54) is 19.4 Å². The normalized spacial score (nSPS) is 9.42. The number of hydrogen-bond donors (Lipinski definition) is 3. The molecule has 0 amide bonds. The van der Waals surface area contributed by atoms with Crippen LogP contribution in [0.5, 0.6) is 0 Å². The smallest absolute Gasteiger partial charge is 0.356 e. The highest BCUT2D eigenvalue weighted by Crippen LogP contribution is 2.13. The Morgan fingerprint density at radius 1 is 1.11 bits per heavy atom. The maximum Gasteiger partial charge on any atom is 0.356 e. The Morgan fingerprint density at radius 2 is 1.58 bits per heavy atom. The first-order valence-corrected chi connectivity index (χ1v) is 5.70. The Morgan fingerprint density at radius 3 is 1.84 bits per heavy atom. The number of rotatable bonds is 2. The van der Waals surface area contributed by atoms with E-state index >= 15 is 0 Å². The Labute approximate surface area is 118 Å². The van der Waals surface area contributed by atoms with Gasteiger partial charge in [-0.1, -0.05) is 23.2 Å². The molecule has 19 heavy (non-hydrogen) atoms. The molecule has 2 aromatic rings. The Balaban J connectivity index is 0.000000191. The molecule has 2 rings (SSSR count). The second kappa shape index (κ2) is 6.86. The third kappa shape index (κ3) is 4.04. The molecule has 0 radical (unpaired) electrons. The SMILES string of the molecule is COC(=O)c1[nH]ccc1Cl.O=C(O)c1[nH]ccc1Cl. The van der Waals surface area contributed by atoms with Crippen molar-refractivity contribution in [2.75, 3.05) is 7.11 Å². The molecular weight excluding hydrogens is 295 g/mol. The molecule has 2 heterocycles. The van der Waals surface area contributed by atoms with Gasteiger partial charge in [0.15, 0.2) is 0 Å². The quantitative estimate of drug-likeness (QED) is 0.743. The summed E-state index contributed by atoms with van der Waals surface area (Å²) in [4.78, 5) is 26.0. The van der Waals surface area contributed by atoms with Crippen LogP contribution in [0.25, 0.3) is 0 Å². The number of esters is 1. The third-order valence-corrected chi connectivity index (χ3v) is 2.63. The van der Waals surface area contributed by atoms with Crippen LogP contribution in [0.3, 0.4) is 0 Å². The lowest BCUT2D eigenvalue weighted by Gasteiger charge is -1.93. The van der Waals surface area contributed by atoms with Crippen molar-refractivity contribution in [2.24, 2.45) is 0 Å². The number of carboxylic acids is 1. The van der Waals surface area contributed by atoms with Gasteiger partial charge in [-0.25, -0.2) is 9.59 Å². The van der Waals surface area contributed by atoms with Crippen molar-refractivity contribution in [2.45, 2.75) is 0 Å². The van der Waals surface area contributed by atoms with E-state index in [9.17, 15) is 9.59 Å². The fraction of sp³-hybridized carbons (Fsp3) is 0.0909. The number of carboxylic acid groups (broad SMARTS) is 1. The van der Waals surface area contributed by atoms with Gasteiger partial charge < -0.3 is 19.8 Å². The predicted octanol–water partition coefficient (Wildman–Crippen LogP) is 2.82. The number of nitrogens with one attached hydrogen (secondary N) is 2. The summed E-state index contributed by atoms with van der Waals surface area (Å²) in [5, 5.41) is 8.96. The van der Waals surface area contributed by atoms with E-state index in [1.54, 1.807) is 12.3 Å². The molecule has 0 unspecified atom stereocenters. The number of carbonyl (C=O) groups is 2. The van der Waals surface area contributed by atoms with Gasteiger partial charge in [0.1, 0.15) is 11.4 Å². The molecule has 3 N–H and O–H groups in total. The van der Waals surface area contributed by atoms with Crippen LogP contribution in [-0.4, -0.2) is 34.1 Å². The number of hydrogen-bond acceptors (Lipinski definition) is 3. The molecule has 0 spiro atoms. The van der Waals surface area contributed by atoms with E-state index < -0.39 is 11.9 Å². The molecule has 0 aliphatic heterocycles. The van der Waals surface area contributed by atoms with Crippen LogP contribution >= 0.6 is 23.2 Å². The van der Waals surface area contributed by atoms with Crippen molar-refractivity contribution < 1.29 is 19.4 Å². The standard InChI is InChI=1S/C6H6ClNO2.C5H4ClNO2/c1-10-6(9)5-4(7)2-3-8-5;6-3-1-2-7-4(3)5(8)9/h2-3,8H,1H3;1-2,7H,(H,8,9). The molecular formula is C11H10Cl2N2O4. The van der Waals surface area contributed by atoms with E-state index in [-0.39, 0.29) is 10.7 Å². The minimum absolute atomic E-state index is 0.0386. The molecule has 0 saturated heterocycles. The van der Waals surface area contributed by atoms with Gasteiger partial charge in [-0.05, 0) is 12.1 Å². The topological polar surface area (TPSA) is 95.2 Å². The van der Waals surface area contributed by atoms with Gasteiger partial charge in [-0.2, -0.15) is 0 Å². The average molecular weight is 305 g/mol. The summed E-state index contributed by atoms with van der Waals surface area (Å²) in [5.41, 5.74) is 0.334. The zero-order valence-electron chi connectivity index (χ0n) is 9.74. The van der Waals surface area contributed by atoms with E-state index in [4.69, 9.17) is 28.3 Å². The number of methoxy groups -OCH3 is 1. The van der Waals surface area contributed by atoms with Crippen molar-refractivity contribution in [1.29, 1.82) is 0 Å². The highest BCUT2D eigenvalue weighted by Gasteiger charge is 2.09. The minimum atomic E-state index is -1.04. The molecule has 0 fully saturated rings. The van der Waals surface area contributed by atoms with Crippen LogP contribution in [-0.2, 0) is 4.74 Å². The van der Waals surface area contributed by atoms with Crippen LogP contribution in [0.4, 0.5) is 0 Å². The van der Waals surface area contributed by atoms with Crippen molar-refractivity contribution in [3.63, 3.8) is 0 Å². The molecule has 2 aromatic heterocycles. The number of H-pyrrole nitrogens is 2. The Kier molecular flexibility index (Phi) is 5.47. The molecule has 0 aromatic carbocycles. The van der Waals surface area contributed by atoms with Crippen molar-refractivity contribution in [3.8, 4) is 0 Å². The lowest BCUT2D eigenvalue weighted by atomic mass is 10.4. The second-order valence-corrected chi connectivity index (χ2v) is 4.01. The van der Waals surface area contributed by atoms with Crippen molar-refractivity contribution in [1.82, 2.24) is 9.97 Å². The highest BCUT2D eigenvalue weighted by molar-refractivity contribution is 6.33. The minimum Gasteiger partial charge on any atom is -0.477 e. The fourth-order valence-electron chi connectivity index (χ4n) is 1.12. The van der Waals surface area contributed by atoms with E-state index in [0.717, 1.165) is 0 Å². The number of carbonyl (C=O) groups excluding carboxylic acids is 1. The summed E-state index contributed by atoms with van der Waals surface area (Å²) in [6.07, 6.45) is 3.06. The maximum atomic E-state index is 10.8. The summed E-state index contributed by atoms with van der Waals surface area (Å²) in [6.45, 7) is 0. The largest absolute Gasteiger partial charge is 0.477 e. The molecule has 6 nitrogen and oxygen atoms in total. The molecule has 0 bridgehead atoms. The van der Waals surface area contributed by atoms with Gasteiger partial charge in [0.2, 0.25) is 0 Å². The second-order valence-electron chi connectivity index (χ2n) is 3.20. The van der Waals surface area contributed by atoms with Gasteiger partial charge in [0.05, 0.1) is 17.2 Å². The summed E-state index contributed by atoms with van der Waals surface area (Å²) in [7, 11) is 1.31. The number of ether oxygens (including phenoxy) is 1. The molecule has 8 heteroatoms. The lowest BCUT2D eigenvalue weighted by molar-refractivity contribution is 0.0594. The first kappa shape index (κ1) is 15.1. The van der Waals surface area contributed by atoms with Gasteiger partial charge in [0, 0.05) is 12.4 Å². The first-order valence-electron chi connectivity index (χ1n) is 4.94. The summed E-state index contributed by atoms with van der Waals surface area (Å²) in [5.74, 6) is -1.49. The van der Waals surface area contributed by atoms with E-state index in [0.29, 0.717) is 10.7 Å². The third-order valence-electron chi connectivity index (χ3n) is 2.00. The zero-order chi connectivity index (χ0) is 14.4. The summed E-state index contributed by atoms with van der Waals surface area (Å²) in [6, 6.07) is 3.08.